The van der Waals surface area contributed by atoms with Crippen LogP contribution in [0.2, 0.25) is 0 Å². The molecule has 14 N–H and O–H groups in total. The average molecular weight is 1720 g/mol. The van der Waals surface area contributed by atoms with Gasteiger partial charge in [0.25, 0.3) is 10.1 Å². The number of halogens is 1. The number of thiazole rings is 3. The molecule has 600 valence electrons. The number of carbonyl (C=O) groups excluding carboxylic acids is 2. The number of anilines is 9. The number of esters is 1. The van der Waals surface area contributed by atoms with Crippen molar-refractivity contribution in [3.05, 3.63) is 289 Å². The normalized spacial score (nSPS) is 11.5. The summed E-state index contributed by atoms with van der Waals surface area (Å²) in [6, 6.07) is 72.6. The Bertz CT molecular complexity index is 5130. The first-order chi connectivity index (χ1) is 55.6. The Morgan fingerprint density at radius 2 is 0.896 bits per heavy atom. The number of aliphatic hydroxyl groups excluding tert-OH is 3. The third kappa shape index (κ3) is 34.5. The van der Waals surface area contributed by atoms with Crippen LogP contribution in [0.4, 0.5) is 50.3 Å². The van der Waals surface area contributed by atoms with Crippen molar-refractivity contribution < 1.29 is 52.1 Å². The summed E-state index contributed by atoms with van der Waals surface area (Å²) in [6.07, 6.45) is 10.7. The lowest BCUT2D eigenvalue weighted by atomic mass is 10.1. The van der Waals surface area contributed by atoms with E-state index in [9.17, 15) is 18.0 Å². The minimum atomic E-state index is -3.67. The van der Waals surface area contributed by atoms with Crippen molar-refractivity contribution in [2.75, 3.05) is 73.4 Å². The van der Waals surface area contributed by atoms with E-state index in [0.717, 1.165) is 71.1 Å². The van der Waals surface area contributed by atoms with Crippen molar-refractivity contribution in [1.29, 1.82) is 0 Å². The van der Waals surface area contributed by atoms with E-state index in [4.69, 9.17) is 51.5 Å². The van der Waals surface area contributed by atoms with E-state index >= 15 is 0 Å². The molecule has 1 aliphatic heterocycles. The maximum Gasteiger partial charge on any atom is 0.356 e. The number of aliphatic hydroxyl groups is 3. The van der Waals surface area contributed by atoms with E-state index < -0.39 is 16.1 Å². The fourth-order valence-electron chi connectivity index (χ4n) is 9.89. The third-order valence-electron chi connectivity index (χ3n) is 15.1. The molecule has 34 heteroatoms. The predicted octanol–water partition coefficient (Wildman–Crippen LogP) is 15.2. The number of nitrogen functional groups attached to an aromatic ring is 2. The van der Waals surface area contributed by atoms with Gasteiger partial charge in [-0.25, -0.2) is 49.7 Å². The highest BCUT2D eigenvalue weighted by Crippen LogP contribution is 2.34. The predicted molar refractivity (Wildman–Crippen MR) is 464 cm³/mol. The van der Waals surface area contributed by atoms with E-state index in [1.165, 1.54) is 45.0 Å². The highest BCUT2D eigenvalue weighted by Gasteiger charge is 2.19. The van der Waals surface area contributed by atoms with Crippen LogP contribution < -0.4 is 38.5 Å². The minimum Gasteiger partial charge on any atom is -0.464 e. The molecule has 115 heavy (non-hydrogen) atoms. The largest absolute Gasteiger partial charge is 0.464 e. The van der Waals surface area contributed by atoms with E-state index in [1.54, 1.807) is 127 Å². The fourth-order valence-corrected chi connectivity index (χ4v) is 13.2. The number of likely N-dealkylation sites (tertiary alicyclic amines) is 1. The summed E-state index contributed by atoms with van der Waals surface area (Å²) in [7, 11) is 0.893. The number of alkyl halides is 1. The minimum absolute atomic E-state index is 0.0506. The Kier molecular flexibility index (Phi) is 39.5. The van der Waals surface area contributed by atoms with Crippen LogP contribution in [-0.2, 0) is 50.7 Å². The Labute approximate surface area is 692 Å². The number of carbonyl (C=O) groups is 2. The van der Waals surface area contributed by atoms with E-state index in [-0.39, 0.29) is 41.7 Å². The highest BCUT2D eigenvalue weighted by molar-refractivity contribution is 9.09. The van der Waals surface area contributed by atoms with Gasteiger partial charge in [-0.2, -0.15) is 8.42 Å². The van der Waals surface area contributed by atoms with Gasteiger partial charge in [-0.05, 0) is 133 Å². The average Bonchev–Trinajstić information content (AvgIpc) is 1.71. The van der Waals surface area contributed by atoms with Crippen LogP contribution >= 0.6 is 62.2 Å². The molecule has 13 aromatic rings. The van der Waals surface area contributed by atoms with Crippen LogP contribution in [-0.4, -0.2) is 142 Å². The monoisotopic (exact) mass is 1710 g/mol. The second kappa shape index (κ2) is 50.0. The Morgan fingerprint density at radius 1 is 0.522 bits per heavy atom. The van der Waals surface area contributed by atoms with Crippen molar-refractivity contribution in [3.63, 3.8) is 0 Å². The van der Waals surface area contributed by atoms with Gasteiger partial charge in [0.05, 0.1) is 75.4 Å². The van der Waals surface area contributed by atoms with Gasteiger partial charge in [0.2, 0.25) is 0 Å². The van der Waals surface area contributed by atoms with E-state index in [0.29, 0.717) is 58.1 Å². The molecule has 1 fully saturated rings. The van der Waals surface area contributed by atoms with Crippen molar-refractivity contribution in [2.24, 2.45) is 5.73 Å². The molecule has 0 spiro atoms. The quantitative estimate of drug-likeness (QED) is 0.00795. The molecule has 1 atom stereocenters. The van der Waals surface area contributed by atoms with Crippen molar-refractivity contribution in [3.8, 4) is 31.3 Å². The number of hydrogen-bond donors (Lipinski definition) is 11. The summed E-state index contributed by atoms with van der Waals surface area (Å²) in [5.74, 6) is 3.00. The molecular weight excluding hydrogens is 1630 g/mol. The first-order valence-electron chi connectivity index (χ1n) is 35.1. The zero-order valence-electron chi connectivity index (χ0n) is 63.0. The Morgan fingerprint density at radius 3 is 1.30 bits per heavy atom. The molecule has 1 unspecified atom stereocenters. The molecule has 9 aromatic heterocycles. The Hall–Kier alpha value is -11.4. The summed E-state index contributed by atoms with van der Waals surface area (Å²) in [5, 5.41) is 41.2. The zero-order valence-corrected chi connectivity index (χ0v) is 68.7. The van der Waals surface area contributed by atoms with E-state index in [1.807, 2.05) is 134 Å². The lowest BCUT2D eigenvalue weighted by molar-refractivity contribution is -0.101. The molecule has 0 aliphatic carbocycles. The molecule has 10 heterocycles. The second-order valence-corrected chi connectivity index (χ2v) is 29.8. The SMILES string of the molecule is COC(=O)c1cccc(N)n1.COC(OC)C(Br)c1ccccc1.CS(=O)(=O)O.NC(=S)Nc1cccc(CO)n1.Nc1cccc(CO)n1.O=Cc1cccc(Nc2ncc(-c3ccccc3)s2)n1.OCc1cccc(Nc2ncc(-c3ccccc3)s2)n1.c1ccc(-c2cnc(Nc3cccc(CN4CCCCC4)n3)s2)cc1. The summed E-state index contributed by atoms with van der Waals surface area (Å²) in [5.41, 5.74) is 24.1. The molecule has 1 aliphatic rings. The number of nitrogens with zero attached hydrogens (tertiary/aromatic N) is 10. The summed E-state index contributed by atoms with van der Waals surface area (Å²) >= 11 is 12.9. The van der Waals surface area contributed by atoms with Crippen LogP contribution in [0.1, 0.15) is 73.4 Å². The van der Waals surface area contributed by atoms with Crippen LogP contribution in [0, 0.1) is 0 Å². The van der Waals surface area contributed by atoms with Gasteiger partial charge < -0.3 is 68.0 Å². The lowest BCUT2D eigenvalue weighted by Crippen LogP contribution is -2.29. The summed E-state index contributed by atoms with van der Waals surface area (Å²) in [4.78, 5) is 65.4. The maximum atomic E-state index is 10.8. The number of benzene rings is 4. The van der Waals surface area contributed by atoms with Crippen LogP contribution in [0.25, 0.3) is 31.3 Å². The second-order valence-electron chi connectivity index (χ2n) is 23.8. The van der Waals surface area contributed by atoms with Crippen molar-refractivity contribution >= 4 is 140 Å². The Balaban J connectivity index is 0.000000188. The molecule has 4 aromatic carbocycles. The van der Waals surface area contributed by atoms with Gasteiger partial charge in [0, 0.05) is 39.4 Å². The van der Waals surface area contributed by atoms with Crippen LogP contribution in [0.15, 0.2) is 249 Å². The van der Waals surface area contributed by atoms with Gasteiger partial charge in [0.1, 0.15) is 40.6 Å². The van der Waals surface area contributed by atoms with Gasteiger partial charge in [0.15, 0.2) is 38.8 Å². The number of ether oxygens (including phenoxy) is 3. The standard InChI is InChI=1S/C20H22N4S.C15H13N3OS.C15H11N3OS.C10H13BrO2.C7H9N3OS.C7H8N2O2.C6H8N2O.CH4O3S/c1-3-8-16(9-4-1)18-14-21-20(25-18)23-19-11-7-10-17(22-19)15-24-12-5-2-6-13-24;2*19-10-12-7-4-8-14(17-12)18-15-16-9-13(20-15)11-5-2-1-3-6-11;1-12-10(13-2)9(11)8-6-4-3-5-7-8;8-7(12)10-6-3-1-2-5(4-11)9-6;1-11-7(10)5-3-2-4-6(8)9-5;7-6-3-1-2-5(4-9)8-6;1-5(2,3)4/h1,3-4,7-11,14H,2,5-6,12-13,15H2,(H,21,22,23);1-9,19H,10H2,(H,16,17,18);1-10H,(H,16,17,18);3-7,9-10H,1-2H3;1-3,11H,4H2,(H3,8,9,10,12);2-4H,1H3,(H2,8,9);1-3,9H,4H2,(H2,7,8);1H3,(H,2,3,4). The number of nitrogens with two attached hydrogens (primary N) is 3. The molecule has 0 radical (unpaired) electrons. The van der Waals surface area contributed by atoms with Crippen molar-refractivity contribution in [1.82, 2.24) is 49.8 Å². The molecule has 28 nitrogen and oxygen atoms in total. The smallest absolute Gasteiger partial charge is 0.356 e. The lowest BCUT2D eigenvalue weighted by Gasteiger charge is -2.26. The summed E-state index contributed by atoms with van der Waals surface area (Å²) in [6.45, 7) is 3.10. The van der Waals surface area contributed by atoms with Crippen LogP contribution in [0.3, 0.4) is 0 Å². The fraction of sp³-hybridized carbons (Fsp3) is 0.185. The first kappa shape index (κ1) is 90.8. The van der Waals surface area contributed by atoms with Crippen LogP contribution in [0.5, 0.6) is 0 Å². The number of hydrogen-bond acceptors (Lipinski definition) is 29. The maximum absolute atomic E-state index is 10.8. The van der Waals surface area contributed by atoms with Crippen molar-refractivity contribution in [2.45, 2.75) is 56.7 Å². The molecule has 1 saturated heterocycles. The molecule has 0 amide bonds. The summed E-state index contributed by atoms with van der Waals surface area (Å²) < 4.78 is 40.6. The van der Waals surface area contributed by atoms with Gasteiger partial charge >= 0.3 is 5.97 Å². The highest BCUT2D eigenvalue weighted by atomic mass is 79.9. The molecular formula is C81H88BrN17O11S5. The number of methoxy groups -OCH3 is 3. The number of rotatable bonds is 21. The molecule has 0 saturated carbocycles. The van der Waals surface area contributed by atoms with Gasteiger partial charge in [-0.15, -0.1) is 0 Å². The zero-order chi connectivity index (χ0) is 82.6. The number of pyridine rings is 6. The topological polar surface area (TPSA) is 422 Å². The third-order valence-corrected chi connectivity index (χ3v) is 19.0. The van der Waals surface area contributed by atoms with Gasteiger partial charge in [-0.1, -0.05) is 214 Å². The number of nitrogens with one attached hydrogen (secondary N) is 4. The number of aldehydes is 1. The number of thiocarbonyl (C=S) groups is 1. The molecule has 0 bridgehead atoms. The van der Waals surface area contributed by atoms with Gasteiger partial charge in [-0.3, -0.25) is 14.2 Å². The number of piperidine rings is 1. The first-order valence-corrected chi connectivity index (χ1v) is 40.7. The van der Waals surface area contributed by atoms with E-state index in [2.05, 4.69) is 135 Å². The molecule has 14 rings (SSSR count). The number of aromatic nitrogens is 9.